The quantitative estimate of drug-likeness (QED) is 0.564. The number of hydrogen-bond acceptors (Lipinski definition) is 4. The largest absolute Gasteiger partial charge is 0.313 e. The van der Waals surface area contributed by atoms with Crippen LogP contribution in [0.5, 0.6) is 0 Å². The van der Waals surface area contributed by atoms with Crippen LogP contribution in [-0.4, -0.2) is 32.2 Å². The fraction of sp³-hybridized carbons (Fsp3) is 0.786. The monoisotopic (exact) mass is 273 g/mol. The second-order valence-electron chi connectivity index (χ2n) is 5.67. The summed E-state index contributed by atoms with van der Waals surface area (Å²) in [5.74, 6) is 0. The van der Waals surface area contributed by atoms with E-state index in [1.54, 1.807) is 6.92 Å². The van der Waals surface area contributed by atoms with Gasteiger partial charge in [0, 0.05) is 16.8 Å². The van der Waals surface area contributed by atoms with Gasteiger partial charge in [-0.05, 0) is 53.0 Å². The summed E-state index contributed by atoms with van der Waals surface area (Å²) in [4.78, 5) is 11.7. The lowest BCUT2D eigenvalue weighted by atomic mass is 9.95. The van der Waals surface area contributed by atoms with Crippen molar-refractivity contribution < 1.29 is 10.0 Å². The Balaban J connectivity index is 4.62. The average molecular weight is 273 g/mol. The summed E-state index contributed by atoms with van der Waals surface area (Å²) in [6.45, 7) is 15.4. The highest BCUT2D eigenvalue weighted by Gasteiger charge is 2.31. The SMILES string of the molecule is C=C(C)C(=O)SC(CC)CC(C)(C)N(O)C(C)C. The molecule has 4 heteroatoms. The molecule has 0 aliphatic rings. The molecule has 0 radical (unpaired) electrons. The molecule has 18 heavy (non-hydrogen) atoms. The van der Waals surface area contributed by atoms with E-state index in [1.807, 2.05) is 27.7 Å². The van der Waals surface area contributed by atoms with Gasteiger partial charge >= 0.3 is 0 Å². The number of hydroxylamine groups is 2. The molecule has 1 atom stereocenters. The van der Waals surface area contributed by atoms with Gasteiger partial charge in [0.05, 0.1) is 0 Å². The fourth-order valence-electron chi connectivity index (χ4n) is 1.87. The van der Waals surface area contributed by atoms with Crippen LogP contribution in [0.25, 0.3) is 0 Å². The lowest BCUT2D eigenvalue weighted by Gasteiger charge is -2.38. The first-order chi connectivity index (χ1) is 8.11. The number of thioether (sulfide) groups is 1. The van der Waals surface area contributed by atoms with Gasteiger partial charge in [-0.15, -0.1) is 0 Å². The number of carbonyl (C=O) groups excluding carboxylic acids is 1. The summed E-state index contributed by atoms with van der Waals surface area (Å²) in [5, 5.41) is 11.7. The van der Waals surface area contributed by atoms with Crippen molar-refractivity contribution in [2.45, 2.75) is 71.2 Å². The van der Waals surface area contributed by atoms with Crippen molar-refractivity contribution >= 4 is 16.9 Å². The Bertz CT molecular complexity index is 300. The molecular weight excluding hydrogens is 246 g/mol. The van der Waals surface area contributed by atoms with Gasteiger partial charge < -0.3 is 5.21 Å². The summed E-state index contributed by atoms with van der Waals surface area (Å²) in [6.07, 6.45) is 1.67. The van der Waals surface area contributed by atoms with E-state index in [0.29, 0.717) is 5.57 Å². The third kappa shape index (κ3) is 5.55. The normalized spacial score (nSPS) is 14.1. The number of hydrogen-bond donors (Lipinski definition) is 1. The third-order valence-corrected chi connectivity index (χ3v) is 4.31. The van der Waals surface area contributed by atoms with E-state index in [1.165, 1.54) is 16.8 Å². The molecule has 0 rings (SSSR count). The molecule has 0 saturated heterocycles. The first-order valence-electron chi connectivity index (χ1n) is 6.46. The molecule has 0 saturated carbocycles. The van der Waals surface area contributed by atoms with E-state index in [-0.39, 0.29) is 21.9 Å². The molecule has 0 aromatic rings. The van der Waals surface area contributed by atoms with Gasteiger partial charge in [0.1, 0.15) is 0 Å². The van der Waals surface area contributed by atoms with Crippen molar-refractivity contribution in [3.63, 3.8) is 0 Å². The van der Waals surface area contributed by atoms with Crippen molar-refractivity contribution in [1.29, 1.82) is 0 Å². The minimum Gasteiger partial charge on any atom is -0.313 e. The maximum absolute atomic E-state index is 11.7. The van der Waals surface area contributed by atoms with Crippen molar-refractivity contribution in [1.82, 2.24) is 5.06 Å². The van der Waals surface area contributed by atoms with E-state index in [4.69, 9.17) is 0 Å². The molecule has 0 aromatic heterocycles. The highest BCUT2D eigenvalue weighted by molar-refractivity contribution is 8.14. The Morgan fingerprint density at radius 1 is 1.44 bits per heavy atom. The van der Waals surface area contributed by atoms with Gasteiger partial charge in [-0.25, -0.2) is 0 Å². The lowest BCUT2D eigenvalue weighted by Crippen LogP contribution is -2.47. The van der Waals surface area contributed by atoms with Gasteiger partial charge in [-0.2, -0.15) is 5.06 Å². The maximum atomic E-state index is 11.7. The second kappa shape index (κ2) is 7.31. The molecule has 0 bridgehead atoms. The van der Waals surface area contributed by atoms with E-state index < -0.39 is 0 Å². The summed E-state index contributed by atoms with van der Waals surface area (Å²) in [5.41, 5.74) is 0.248. The molecule has 1 unspecified atom stereocenters. The van der Waals surface area contributed by atoms with E-state index in [9.17, 15) is 10.0 Å². The highest BCUT2D eigenvalue weighted by atomic mass is 32.2. The Labute approximate surface area is 116 Å². The molecule has 0 heterocycles. The van der Waals surface area contributed by atoms with E-state index >= 15 is 0 Å². The summed E-state index contributed by atoms with van der Waals surface area (Å²) in [6, 6.07) is 0.0688. The molecular formula is C14H27NO2S. The summed E-state index contributed by atoms with van der Waals surface area (Å²) >= 11 is 1.33. The fourth-order valence-corrected chi connectivity index (χ4v) is 3.03. The number of nitrogens with zero attached hydrogens (tertiary/aromatic N) is 1. The summed E-state index contributed by atoms with van der Waals surface area (Å²) in [7, 11) is 0. The molecule has 0 fully saturated rings. The van der Waals surface area contributed by atoms with Crippen LogP contribution in [0.2, 0.25) is 0 Å². The number of rotatable bonds is 7. The van der Waals surface area contributed by atoms with Gasteiger partial charge in [0.2, 0.25) is 5.12 Å². The Morgan fingerprint density at radius 3 is 2.28 bits per heavy atom. The highest BCUT2D eigenvalue weighted by Crippen LogP contribution is 2.30. The maximum Gasteiger partial charge on any atom is 0.214 e. The molecule has 0 spiro atoms. The van der Waals surface area contributed by atoms with Crippen LogP contribution in [-0.2, 0) is 4.79 Å². The molecule has 1 N–H and O–H groups in total. The van der Waals surface area contributed by atoms with Crippen LogP contribution in [0.4, 0.5) is 0 Å². The van der Waals surface area contributed by atoms with Crippen molar-refractivity contribution in [2.24, 2.45) is 0 Å². The van der Waals surface area contributed by atoms with Gasteiger partial charge in [0.25, 0.3) is 0 Å². The van der Waals surface area contributed by atoms with Gasteiger partial charge in [0.15, 0.2) is 0 Å². The minimum atomic E-state index is -0.336. The predicted molar refractivity (Wildman–Crippen MR) is 78.9 cm³/mol. The van der Waals surface area contributed by atoms with Crippen LogP contribution in [0, 0.1) is 0 Å². The van der Waals surface area contributed by atoms with Crippen LogP contribution < -0.4 is 0 Å². The Kier molecular flexibility index (Phi) is 7.18. The van der Waals surface area contributed by atoms with E-state index in [2.05, 4.69) is 13.5 Å². The zero-order valence-corrected chi connectivity index (χ0v) is 13.3. The topological polar surface area (TPSA) is 40.5 Å². The van der Waals surface area contributed by atoms with Gasteiger partial charge in [-0.3, -0.25) is 4.79 Å². The minimum absolute atomic E-state index is 0.0479. The van der Waals surface area contributed by atoms with Crippen LogP contribution in [0.3, 0.4) is 0 Å². The van der Waals surface area contributed by atoms with Crippen molar-refractivity contribution in [2.75, 3.05) is 0 Å². The van der Waals surface area contributed by atoms with Crippen LogP contribution in [0.15, 0.2) is 12.2 Å². The average Bonchev–Trinajstić information content (AvgIpc) is 2.26. The zero-order valence-electron chi connectivity index (χ0n) is 12.5. The van der Waals surface area contributed by atoms with Crippen LogP contribution in [0.1, 0.15) is 54.4 Å². The first kappa shape index (κ1) is 17.7. The van der Waals surface area contributed by atoms with Crippen molar-refractivity contribution in [3.05, 3.63) is 12.2 Å². The Morgan fingerprint density at radius 2 is 1.94 bits per heavy atom. The predicted octanol–water partition coefficient (Wildman–Crippen LogP) is 3.87. The van der Waals surface area contributed by atoms with E-state index in [0.717, 1.165) is 12.8 Å². The standard InChI is InChI=1S/C14H27NO2S/c1-8-12(18-13(16)10(2)3)9-14(6,7)15(17)11(4)5/h11-12,17H,2,8-9H2,1,3-7H3. The molecule has 0 amide bonds. The molecule has 0 aliphatic heterocycles. The molecule has 0 aliphatic carbocycles. The third-order valence-electron chi connectivity index (χ3n) is 2.91. The van der Waals surface area contributed by atoms with Crippen LogP contribution >= 0.6 is 11.8 Å². The van der Waals surface area contributed by atoms with Crippen molar-refractivity contribution in [3.8, 4) is 0 Å². The molecule has 0 aromatic carbocycles. The first-order valence-corrected chi connectivity index (χ1v) is 7.34. The number of carbonyl (C=O) groups is 1. The smallest absolute Gasteiger partial charge is 0.214 e. The zero-order chi connectivity index (χ0) is 14.5. The molecule has 3 nitrogen and oxygen atoms in total. The Hall–Kier alpha value is -0.320. The molecule has 106 valence electrons. The second-order valence-corrected chi connectivity index (χ2v) is 6.94. The summed E-state index contributed by atoms with van der Waals surface area (Å²) < 4.78 is 0. The lowest BCUT2D eigenvalue weighted by molar-refractivity contribution is -0.186. The van der Waals surface area contributed by atoms with Gasteiger partial charge in [-0.1, -0.05) is 25.3 Å².